The second-order valence-corrected chi connectivity index (χ2v) is 9.33. The maximum Gasteiger partial charge on any atom is 0.405 e. The van der Waals surface area contributed by atoms with Crippen LogP contribution < -0.4 is 10.0 Å². The van der Waals surface area contributed by atoms with Crippen LogP contribution in [0.15, 0.2) is 53.4 Å². The fourth-order valence-electron chi connectivity index (χ4n) is 2.49. The van der Waals surface area contributed by atoms with Gasteiger partial charge in [0, 0.05) is 5.69 Å². The molecule has 0 spiro atoms. The maximum atomic E-state index is 12.5. The van der Waals surface area contributed by atoms with Gasteiger partial charge in [-0.15, -0.1) is 0 Å². The Hall–Kier alpha value is -2.55. The Labute approximate surface area is 168 Å². The first kappa shape index (κ1) is 22.7. The molecule has 0 saturated heterocycles. The normalized spacial score (nSPS) is 12.5. The lowest BCUT2D eigenvalue weighted by Crippen LogP contribution is -2.34. The SMILES string of the molecule is CC(C)(C)c1ccc(S(=O)(=O)Nc2ccc(CC(=O)NCC(F)(F)F)cc2)cc1. The van der Waals surface area contributed by atoms with E-state index in [4.69, 9.17) is 0 Å². The molecule has 0 heterocycles. The minimum atomic E-state index is -4.47. The molecule has 0 aliphatic rings. The summed E-state index contributed by atoms with van der Waals surface area (Å²) in [5.74, 6) is -0.769. The Kier molecular flexibility index (Phi) is 6.62. The molecule has 0 aromatic heterocycles. The van der Waals surface area contributed by atoms with Crippen molar-refractivity contribution < 1.29 is 26.4 Å². The molecule has 0 radical (unpaired) electrons. The second kappa shape index (κ2) is 8.44. The number of nitrogens with one attached hydrogen (secondary N) is 2. The van der Waals surface area contributed by atoms with E-state index in [9.17, 15) is 26.4 Å². The zero-order valence-electron chi connectivity index (χ0n) is 16.3. The van der Waals surface area contributed by atoms with E-state index in [0.717, 1.165) is 5.56 Å². The van der Waals surface area contributed by atoms with Crippen LogP contribution in [0.3, 0.4) is 0 Å². The van der Waals surface area contributed by atoms with Gasteiger partial charge in [-0.05, 0) is 40.8 Å². The highest BCUT2D eigenvalue weighted by Gasteiger charge is 2.27. The largest absolute Gasteiger partial charge is 0.405 e. The maximum absolute atomic E-state index is 12.5. The Morgan fingerprint density at radius 2 is 1.48 bits per heavy atom. The first-order valence-electron chi connectivity index (χ1n) is 8.82. The van der Waals surface area contributed by atoms with Crippen molar-refractivity contribution in [2.45, 2.75) is 43.7 Å². The Morgan fingerprint density at radius 1 is 0.931 bits per heavy atom. The molecular formula is C20H23F3N2O3S. The lowest BCUT2D eigenvalue weighted by atomic mass is 9.87. The number of halogens is 3. The molecule has 158 valence electrons. The number of anilines is 1. The fraction of sp³-hybridized carbons (Fsp3) is 0.350. The van der Waals surface area contributed by atoms with E-state index in [2.05, 4.69) is 4.72 Å². The summed E-state index contributed by atoms with van der Waals surface area (Å²) in [6.07, 6.45) is -4.71. The van der Waals surface area contributed by atoms with E-state index in [1.807, 2.05) is 20.8 Å². The van der Waals surface area contributed by atoms with Crippen LogP contribution in [0.4, 0.5) is 18.9 Å². The van der Waals surface area contributed by atoms with Gasteiger partial charge in [0.2, 0.25) is 5.91 Å². The van der Waals surface area contributed by atoms with Crippen LogP contribution in [-0.4, -0.2) is 27.0 Å². The molecule has 0 unspecified atom stereocenters. The third-order valence-corrected chi connectivity index (χ3v) is 5.48. The number of benzene rings is 2. The van der Waals surface area contributed by atoms with Gasteiger partial charge >= 0.3 is 6.18 Å². The van der Waals surface area contributed by atoms with Crippen molar-refractivity contribution in [1.29, 1.82) is 0 Å². The van der Waals surface area contributed by atoms with E-state index in [1.165, 1.54) is 36.4 Å². The summed E-state index contributed by atoms with van der Waals surface area (Å²) >= 11 is 0. The lowest BCUT2D eigenvalue weighted by Gasteiger charge is -2.19. The first-order chi connectivity index (χ1) is 13.3. The summed E-state index contributed by atoms with van der Waals surface area (Å²) < 4.78 is 63.8. The molecule has 0 aliphatic carbocycles. The number of rotatable bonds is 6. The van der Waals surface area contributed by atoms with E-state index in [-0.39, 0.29) is 22.4 Å². The molecule has 9 heteroatoms. The predicted octanol–water partition coefficient (Wildman–Crippen LogP) is 4.01. The van der Waals surface area contributed by atoms with Crippen LogP contribution in [0.25, 0.3) is 0 Å². The van der Waals surface area contributed by atoms with Crippen molar-refractivity contribution in [3.05, 3.63) is 59.7 Å². The average molecular weight is 428 g/mol. The van der Waals surface area contributed by atoms with Crippen molar-refractivity contribution in [1.82, 2.24) is 5.32 Å². The summed E-state index contributed by atoms with van der Waals surface area (Å²) in [4.78, 5) is 11.6. The van der Waals surface area contributed by atoms with E-state index >= 15 is 0 Å². The van der Waals surface area contributed by atoms with Crippen molar-refractivity contribution in [3.63, 3.8) is 0 Å². The molecule has 5 nitrogen and oxygen atoms in total. The van der Waals surface area contributed by atoms with E-state index in [1.54, 1.807) is 17.4 Å². The smallest absolute Gasteiger partial charge is 0.347 e. The molecule has 29 heavy (non-hydrogen) atoms. The number of carbonyl (C=O) groups excluding carboxylic acids is 1. The lowest BCUT2D eigenvalue weighted by molar-refractivity contribution is -0.138. The molecular weight excluding hydrogens is 405 g/mol. The van der Waals surface area contributed by atoms with Crippen LogP contribution in [0.1, 0.15) is 31.9 Å². The summed E-state index contributed by atoms with van der Waals surface area (Å²) in [6.45, 7) is 4.69. The van der Waals surface area contributed by atoms with Crippen LogP contribution in [-0.2, 0) is 26.7 Å². The highest BCUT2D eigenvalue weighted by atomic mass is 32.2. The second-order valence-electron chi connectivity index (χ2n) is 7.65. The number of sulfonamides is 1. The molecule has 2 aromatic carbocycles. The summed E-state index contributed by atoms with van der Waals surface area (Å²) in [5, 5.41) is 1.79. The molecule has 2 aromatic rings. The third-order valence-electron chi connectivity index (χ3n) is 4.09. The predicted molar refractivity (Wildman–Crippen MR) is 105 cm³/mol. The van der Waals surface area contributed by atoms with Crippen LogP contribution in [0.2, 0.25) is 0 Å². The highest BCUT2D eigenvalue weighted by Crippen LogP contribution is 2.24. The van der Waals surface area contributed by atoms with Crippen molar-refractivity contribution in [3.8, 4) is 0 Å². The molecule has 0 atom stereocenters. The van der Waals surface area contributed by atoms with Crippen molar-refractivity contribution in [2.24, 2.45) is 0 Å². The minimum Gasteiger partial charge on any atom is -0.347 e. The topological polar surface area (TPSA) is 75.3 Å². The standard InChI is InChI=1S/C20H23F3N2O3S/c1-19(2,3)15-6-10-17(11-7-15)29(27,28)25-16-8-4-14(5-9-16)12-18(26)24-13-20(21,22)23/h4-11,25H,12-13H2,1-3H3,(H,24,26). The summed E-state index contributed by atoms with van der Waals surface area (Å²) in [5.41, 5.74) is 1.65. The molecule has 0 fully saturated rings. The van der Waals surface area contributed by atoms with Gasteiger partial charge in [-0.25, -0.2) is 8.42 Å². The van der Waals surface area contributed by atoms with Crippen LogP contribution >= 0.6 is 0 Å². The average Bonchev–Trinajstić information content (AvgIpc) is 2.60. The van der Waals surface area contributed by atoms with Gasteiger partial charge in [0.1, 0.15) is 6.54 Å². The van der Waals surface area contributed by atoms with Gasteiger partial charge in [-0.3, -0.25) is 9.52 Å². The van der Waals surface area contributed by atoms with Crippen LogP contribution in [0, 0.1) is 0 Å². The summed E-state index contributed by atoms with van der Waals surface area (Å²) in [6, 6.07) is 12.4. The fourth-order valence-corrected chi connectivity index (χ4v) is 3.54. The Balaban J connectivity index is 2.02. The molecule has 1 amide bonds. The molecule has 2 N–H and O–H groups in total. The van der Waals surface area contributed by atoms with Gasteiger partial charge in [0.05, 0.1) is 11.3 Å². The van der Waals surface area contributed by atoms with Crippen molar-refractivity contribution >= 4 is 21.6 Å². The van der Waals surface area contributed by atoms with Gasteiger partial charge < -0.3 is 5.32 Å². The van der Waals surface area contributed by atoms with Gasteiger partial charge in [0.15, 0.2) is 0 Å². The molecule has 0 aliphatic heterocycles. The van der Waals surface area contributed by atoms with E-state index in [0.29, 0.717) is 5.56 Å². The van der Waals surface area contributed by atoms with Crippen LogP contribution in [0.5, 0.6) is 0 Å². The van der Waals surface area contributed by atoms with Gasteiger partial charge in [-0.1, -0.05) is 45.0 Å². The summed E-state index contributed by atoms with van der Waals surface area (Å²) in [7, 11) is -3.79. The van der Waals surface area contributed by atoms with E-state index < -0.39 is 28.7 Å². The molecule has 0 bridgehead atoms. The number of amides is 1. The molecule has 2 rings (SSSR count). The quantitative estimate of drug-likeness (QED) is 0.730. The number of hydrogen-bond acceptors (Lipinski definition) is 3. The first-order valence-corrected chi connectivity index (χ1v) is 10.3. The number of alkyl halides is 3. The highest BCUT2D eigenvalue weighted by molar-refractivity contribution is 7.92. The zero-order valence-corrected chi connectivity index (χ0v) is 17.1. The van der Waals surface area contributed by atoms with Crippen molar-refractivity contribution in [2.75, 3.05) is 11.3 Å². The van der Waals surface area contributed by atoms with Gasteiger partial charge in [-0.2, -0.15) is 13.2 Å². The van der Waals surface area contributed by atoms with Gasteiger partial charge in [0.25, 0.3) is 10.0 Å². The number of hydrogen-bond donors (Lipinski definition) is 2. The number of carbonyl (C=O) groups is 1. The molecule has 0 saturated carbocycles. The Morgan fingerprint density at radius 3 is 1.97 bits per heavy atom. The monoisotopic (exact) mass is 428 g/mol. The third kappa shape index (κ3) is 7.08. The minimum absolute atomic E-state index is 0.0993. The zero-order chi connectivity index (χ0) is 21.9. The Bertz CT molecular complexity index is 946.